The maximum atomic E-state index is 12.6. The van der Waals surface area contributed by atoms with Gasteiger partial charge in [-0.1, -0.05) is 48.5 Å². The zero-order valence-electron chi connectivity index (χ0n) is 14.7. The summed E-state index contributed by atoms with van der Waals surface area (Å²) >= 11 is 2.40. The SMILES string of the molecule is Cc1nc(-c2ccccc2)c(NC(=O)NS(=O)(=O)c2cc3ccccc3s2)s1. The Morgan fingerprint density at radius 2 is 1.71 bits per heavy atom. The number of carbonyl (C=O) groups excluding carboxylic acids is 1. The number of nitrogens with zero attached hydrogens (tertiary/aromatic N) is 1. The number of aromatic nitrogens is 1. The van der Waals surface area contributed by atoms with E-state index in [0.717, 1.165) is 32.0 Å². The van der Waals surface area contributed by atoms with Gasteiger partial charge in [-0.3, -0.25) is 5.32 Å². The smallest absolute Gasteiger partial charge is 0.297 e. The summed E-state index contributed by atoms with van der Waals surface area (Å²) in [5.41, 5.74) is 1.45. The Morgan fingerprint density at radius 1 is 1.00 bits per heavy atom. The highest BCUT2D eigenvalue weighted by Crippen LogP contribution is 2.33. The van der Waals surface area contributed by atoms with Crippen LogP contribution >= 0.6 is 22.7 Å². The first kappa shape index (κ1) is 18.6. The highest BCUT2D eigenvalue weighted by molar-refractivity contribution is 7.92. The normalized spacial score (nSPS) is 11.5. The number of rotatable bonds is 4. The molecule has 0 saturated carbocycles. The second-order valence-electron chi connectivity index (χ2n) is 5.94. The second kappa shape index (κ2) is 7.34. The number of anilines is 1. The van der Waals surface area contributed by atoms with Crippen LogP contribution in [0.3, 0.4) is 0 Å². The van der Waals surface area contributed by atoms with Gasteiger partial charge in [0.05, 0.1) is 5.01 Å². The number of amides is 2. The number of aryl methyl sites for hydroxylation is 1. The van der Waals surface area contributed by atoms with E-state index in [1.807, 2.05) is 61.5 Å². The van der Waals surface area contributed by atoms with Crippen LogP contribution in [0.15, 0.2) is 64.9 Å². The molecule has 0 radical (unpaired) electrons. The molecule has 6 nitrogen and oxygen atoms in total. The summed E-state index contributed by atoms with van der Waals surface area (Å²) in [5, 5.41) is 4.70. The van der Waals surface area contributed by atoms with Crippen molar-refractivity contribution in [1.29, 1.82) is 0 Å². The van der Waals surface area contributed by atoms with Gasteiger partial charge >= 0.3 is 6.03 Å². The van der Waals surface area contributed by atoms with Gasteiger partial charge in [0.15, 0.2) is 0 Å². The van der Waals surface area contributed by atoms with Gasteiger partial charge in [-0.15, -0.1) is 22.7 Å². The summed E-state index contributed by atoms with van der Waals surface area (Å²) in [6, 6.07) is 17.5. The van der Waals surface area contributed by atoms with E-state index in [1.165, 1.54) is 11.3 Å². The lowest BCUT2D eigenvalue weighted by Crippen LogP contribution is -2.33. The average molecular weight is 430 g/mol. The van der Waals surface area contributed by atoms with Crippen molar-refractivity contribution in [3.05, 3.63) is 65.7 Å². The highest BCUT2D eigenvalue weighted by Gasteiger charge is 2.22. The average Bonchev–Trinajstić information content (AvgIpc) is 3.26. The fourth-order valence-corrected chi connectivity index (χ4v) is 5.84. The number of thiophene rings is 1. The van der Waals surface area contributed by atoms with Crippen LogP contribution in [0.25, 0.3) is 21.3 Å². The summed E-state index contributed by atoms with van der Waals surface area (Å²) in [6.45, 7) is 1.83. The Bertz CT molecular complexity index is 1230. The monoisotopic (exact) mass is 429 g/mol. The first-order valence-electron chi connectivity index (χ1n) is 8.27. The lowest BCUT2D eigenvalue weighted by Gasteiger charge is -2.07. The molecule has 0 bridgehead atoms. The van der Waals surface area contributed by atoms with Crippen molar-refractivity contribution in [2.24, 2.45) is 0 Å². The Hall–Kier alpha value is -2.75. The molecule has 0 atom stereocenters. The zero-order chi connectivity index (χ0) is 19.7. The Labute approximate surface area is 169 Å². The van der Waals surface area contributed by atoms with Crippen molar-refractivity contribution >= 4 is 53.8 Å². The van der Waals surface area contributed by atoms with E-state index in [4.69, 9.17) is 0 Å². The first-order valence-corrected chi connectivity index (χ1v) is 11.4. The van der Waals surface area contributed by atoms with Gasteiger partial charge in [0.1, 0.15) is 14.9 Å². The van der Waals surface area contributed by atoms with E-state index in [2.05, 4.69) is 15.0 Å². The van der Waals surface area contributed by atoms with Crippen molar-refractivity contribution < 1.29 is 13.2 Å². The summed E-state index contributed by atoms with van der Waals surface area (Å²) < 4.78 is 28.2. The zero-order valence-corrected chi connectivity index (χ0v) is 17.1. The maximum absolute atomic E-state index is 12.6. The number of sulfonamides is 1. The van der Waals surface area contributed by atoms with Crippen LogP contribution in [0.1, 0.15) is 5.01 Å². The standard InChI is InChI=1S/C19H15N3O3S3/c1-12-20-17(13-7-3-2-4-8-13)18(26-12)21-19(23)22-28(24,25)16-11-14-9-5-6-10-15(14)27-16/h2-11H,1H3,(H2,21,22,23). The number of nitrogens with one attached hydrogen (secondary N) is 2. The van der Waals surface area contributed by atoms with Gasteiger partial charge in [-0.25, -0.2) is 22.9 Å². The molecule has 0 fully saturated rings. The van der Waals surface area contributed by atoms with Crippen molar-refractivity contribution in [2.45, 2.75) is 11.1 Å². The maximum Gasteiger partial charge on any atom is 0.333 e. The molecule has 0 spiro atoms. The van der Waals surface area contributed by atoms with Gasteiger partial charge in [0.25, 0.3) is 10.0 Å². The van der Waals surface area contributed by atoms with E-state index in [1.54, 1.807) is 6.07 Å². The minimum absolute atomic E-state index is 0.0904. The molecule has 2 aromatic carbocycles. The third kappa shape index (κ3) is 3.77. The van der Waals surface area contributed by atoms with Gasteiger partial charge in [0, 0.05) is 10.3 Å². The van der Waals surface area contributed by atoms with Crippen LogP contribution in [-0.4, -0.2) is 19.4 Å². The fourth-order valence-electron chi connectivity index (χ4n) is 2.69. The molecule has 2 heterocycles. The number of fused-ring (bicyclic) bond motifs is 1. The molecular weight excluding hydrogens is 414 g/mol. The van der Waals surface area contributed by atoms with Gasteiger partial charge in [0.2, 0.25) is 0 Å². The predicted octanol–water partition coefficient (Wildman–Crippen LogP) is 4.84. The summed E-state index contributed by atoms with van der Waals surface area (Å²) in [6.07, 6.45) is 0. The van der Waals surface area contributed by atoms with E-state index in [9.17, 15) is 13.2 Å². The first-order chi connectivity index (χ1) is 13.4. The molecule has 4 aromatic rings. The van der Waals surface area contributed by atoms with E-state index >= 15 is 0 Å². The Kier molecular flexibility index (Phi) is 4.88. The number of benzene rings is 2. The van der Waals surface area contributed by atoms with Crippen LogP contribution in [0.5, 0.6) is 0 Å². The number of carbonyl (C=O) groups is 1. The lowest BCUT2D eigenvalue weighted by atomic mass is 10.2. The third-order valence-electron chi connectivity index (χ3n) is 3.90. The van der Waals surface area contributed by atoms with E-state index < -0.39 is 16.1 Å². The number of thiazole rings is 1. The van der Waals surface area contributed by atoms with Crippen molar-refractivity contribution in [3.63, 3.8) is 0 Å². The minimum atomic E-state index is -3.97. The molecule has 4 rings (SSSR count). The van der Waals surface area contributed by atoms with Crippen molar-refractivity contribution in [3.8, 4) is 11.3 Å². The fraction of sp³-hybridized carbons (Fsp3) is 0.0526. The van der Waals surface area contributed by atoms with Crippen LogP contribution in [0, 0.1) is 6.92 Å². The molecule has 2 aromatic heterocycles. The summed E-state index contributed by atoms with van der Waals surface area (Å²) in [4.78, 5) is 16.8. The molecule has 0 unspecified atom stereocenters. The lowest BCUT2D eigenvalue weighted by molar-refractivity contribution is 0.256. The quantitative estimate of drug-likeness (QED) is 0.486. The molecular formula is C19H15N3O3S3. The Morgan fingerprint density at radius 3 is 2.46 bits per heavy atom. The third-order valence-corrected chi connectivity index (χ3v) is 7.71. The molecule has 2 N–H and O–H groups in total. The van der Waals surface area contributed by atoms with Crippen molar-refractivity contribution in [2.75, 3.05) is 5.32 Å². The molecule has 142 valence electrons. The number of hydrogen-bond acceptors (Lipinski definition) is 6. The van der Waals surface area contributed by atoms with Crippen LogP contribution in [-0.2, 0) is 10.0 Å². The molecule has 0 saturated heterocycles. The molecule has 0 aliphatic rings. The second-order valence-corrected chi connectivity index (χ2v) is 10.1. The molecule has 2 amide bonds. The predicted molar refractivity (Wildman–Crippen MR) is 113 cm³/mol. The molecule has 28 heavy (non-hydrogen) atoms. The Balaban J connectivity index is 1.56. The largest absolute Gasteiger partial charge is 0.333 e. The molecule has 0 aliphatic heterocycles. The van der Waals surface area contributed by atoms with Gasteiger partial charge in [-0.05, 0) is 24.4 Å². The summed E-state index contributed by atoms with van der Waals surface area (Å²) in [5.74, 6) is 0. The molecule has 0 aliphatic carbocycles. The minimum Gasteiger partial charge on any atom is -0.297 e. The van der Waals surface area contributed by atoms with Crippen molar-refractivity contribution in [1.82, 2.24) is 9.71 Å². The van der Waals surface area contributed by atoms with Crippen LogP contribution in [0.4, 0.5) is 9.80 Å². The molecule has 9 heteroatoms. The number of urea groups is 1. The number of hydrogen-bond donors (Lipinski definition) is 2. The van der Waals surface area contributed by atoms with E-state index in [0.29, 0.717) is 10.7 Å². The van der Waals surface area contributed by atoms with Crippen LogP contribution in [0.2, 0.25) is 0 Å². The van der Waals surface area contributed by atoms with E-state index in [-0.39, 0.29) is 4.21 Å². The van der Waals surface area contributed by atoms with Gasteiger partial charge in [-0.2, -0.15) is 0 Å². The highest BCUT2D eigenvalue weighted by atomic mass is 32.2. The summed E-state index contributed by atoms with van der Waals surface area (Å²) in [7, 11) is -3.97. The van der Waals surface area contributed by atoms with Gasteiger partial charge < -0.3 is 0 Å². The van der Waals surface area contributed by atoms with Crippen LogP contribution < -0.4 is 10.0 Å². The topological polar surface area (TPSA) is 88.2 Å².